The highest BCUT2D eigenvalue weighted by Gasteiger charge is 1.92. The van der Waals surface area contributed by atoms with Crippen LogP contribution in [0.2, 0.25) is 0 Å². The van der Waals surface area contributed by atoms with E-state index in [1.165, 1.54) is 0 Å². The monoisotopic (exact) mass is 116 g/mol. The second-order valence-electron chi connectivity index (χ2n) is 0.366. The van der Waals surface area contributed by atoms with Gasteiger partial charge in [-0.1, -0.05) is 0 Å². The van der Waals surface area contributed by atoms with Crippen molar-refractivity contribution in [2.24, 2.45) is 0 Å². The molecule has 0 bridgehead atoms. The Labute approximate surface area is 37.7 Å². The molecule has 0 aliphatic rings. The van der Waals surface area contributed by atoms with Gasteiger partial charge in [-0.2, -0.15) is 8.78 Å². The van der Waals surface area contributed by atoms with E-state index in [2.05, 4.69) is 11.7 Å². The van der Waals surface area contributed by atoms with Gasteiger partial charge in [-0.15, -0.1) is 11.7 Å². The smallest absolute Gasteiger partial charge is 0.197 e. The van der Waals surface area contributed by atoms with Crippen molar-refractivity contribution in [3.63, 3.8) is 0 Å². The minimum Gasteiger partial charge on any atom is -0.197 e. The van der Waals surface area contributed by atoms with Gasteiger partial charge in [-0.25, -0.2) is 0 Å². The topological polar surface area (TPSA) is 0 Å². The molecule has 0 saturated carbocycles. The van der Waals surface area contributed by atoms with Crippen LogP contribution in [0, 0.1) is 0 Å². The summed E-state index contributed by atoms with van der Waals surface area (Å²) < 4.78 is 21.3. The van der Waals surface area contributed by atoms with Crippen molar-refractivity contribution in [2.75, 3.05) is 0 Å². The lowest BCUT2D eigenvalue weighted by Crippen LogP contribution is -1.68. The highest BCUT2D eigenvalue weighted by molar-refractivity contribution is 8.68. The lowest BCUT2D eigenvalue weighted by molar-refractivity contribution is 0.254. The Kier molecular flexibility index (Phi) is 3.09. The summed E-state index contributed by atoms with van der Waals surface area (Å²) in [4.78, 5) is 0. The van der Waals surface area contributed by atoms with Crippen LogP contribution in [0.4, 0.5) is 8.78 Å². The number of hydrogen-bond acceptors (Lipinski definition) is 2. The molecule has 0 spiro atoms. The minimum atomic E-state index is -2.33. The van der Waals surface area contributed by atoms with E-state index >= 15 is 0 Å². The van der Waals surface area contributed by atoms with Crippen LogP contribution < -0.4 is 0 Å². The molecule has 0 atom stereocenters. The molecule has 0 aromatic heterocycles. The molecular weight excluding hydrogens is 114 g/mol. The zero-order valence-corrected chi connectivity index (χ0v) is 3.90. The third-order valence-corrected chi connectivity index (χ3v) is 0.717. The second-order valence-corrected chi connectivity index (χ2v) is 1.57. The van der Waals surface area contributed by atoms with Crippen molar-refractivity contribution >= 4 is 22.5 Å². The maximum Gasteiger partial charge on any atom is 0.293 e. The van der Waals surface area contributed by atoms with Gasteiger partial charge in [0.25, 0.3) is 5.76 Å². The van der Waals surface area contributed by atoms with E-state index in [1.807, 2.05) is 0 Å². The van der Waals surface area contributed by atoms with Crippen molar-refractivity contribution in [1.82, 2.24) is 0 Å². The molecular formula is CH2F2S2. The van der Waals surface area contributed by atoms with Gasteiger partial charge in [-0.05, 0) is 10.8 Å². The van der Waals surface area contributed by atoms with Gasteiger partial charge in [0, 0.05) is 0 Å². The summed E-state index contributed by atoms with van der Waals surface area (Å²) in [6.07, 6.45) is 0. The number of rotatable bonds is 1. The molecule has 32 valence electrons. The second kappa shape index (κ2) is 2.78. The van der Waals surface area contributed by atoms with Crippen molar-refractivity contribution < 1.29 is 8.78 Å². The minimum absolute atomic E-state index is 0.241. The van der Waals surface area contributed by atoms with Crippen LogP contribution >= 0.6 is 22.5 Å². The number of halogens is 2. The van der Waals surface area contributed by atoms with Gasteiger partial charge in [-0.3, -0.25) is 0 Å². The van der Waals surface area contributed by atoms with E-state index in [1.54, 1.807) is 0 Å². The molecule has 5 heavy (non-hydrogen) atoms. The van der Waals surface area contributed by atoms with E-state index < -0.39 is 5.76 Å². The maximum atomic E-state index is 10.7. The van der Waals surface area contributed by atoms with E-state index in [4.69, 9.17) is 0 Å². The summed E-state index contributed by atoms with van der Waals surface area (Å²) in [7, 11) is 0.241. The summed E-state index contributed by atoms with van der Waals surface area (Å²) in [6.45, 7) is 0. The van der Waals surface area contributed by atoms with Crippen LogP contribution in [0.1, 0.15) is 0 Å². The fraction of sp³-hybridized carbons (Fsp3) is 1.00. The average Bonchev–Trinajstić information content (AvgIpc) is 1.38. The van der Waals surface area contributed by atoms with Gasteiger partial charge in [0.15, 0.2) is 0 Å². The molecule has 0 aliphatic heterocycles. The maximum absolute atomic E-state index is 10.7. The predicted molar refractivity (Wildman–Crippen MR) is 22.6 cm³/mol. The fourth-order valence-electron chi connectivity index (χ4n) is 0. The summed E-state index contributed by atoms with van der Waals surface area (Å²) in [5, 5.41) is 0. The Morgan fingerprint density at radius 3 is 1.80 bits per heavy atom. The molecule has 0 amide bonds. The highest BCUT2D eigenvalue weighted by atomic mass is 33.1. The van der Waals surface area contributed by atoms with Crippen LogP contribution in [0.3, 0.4) is 0 Å². The van der Waals surface area contributed by atoms with Gasteiger partial charge in [0.05, 0.1) is 0 Å². The zero-order valence-electron chi connectivity index (χ0n) is 2.19. The largest absolute Gasteiger partial charge is 0.293 e. The van der Waals surface area contributed by atoms with Crippen molar-refractivity contribution in [3.8, 4) is 0 Å². The molecule has 0 fully saturated rings. The lowest BCUT2D eigenvalue weighted by Gasteiger charge is -1.80. The first kappa shape index (κ1) is 5.56. The quantitative estimate of drug-likeness (QED) is 0.402. The van der Waals surface area contributed by atoms with Gasteiger partial charge in [0.1, 0.15) is 0 Å². The zero-order chi connectivity index (χ0) is 4.28. The van der Waals surface area contributed by atoms with Crippen molar-refractivity contribution in [3.05, 3.63) is 0 Å². The van der Waals surface area contributed by atoms with Crippen LogP contribution in [-0.4, -0.2) is 5.76 Å². The Morgan fingerprint density at radius 2 is 1.80 bits per heavy atom. The fourth-order valence-corrected chi connectivity index (χ4v) is 0. The molecule has 4 heteroatoms. The standard InChI is InChI=1S/CH2F2S2/c2-1(3)5-4/h1,4H. The molecule has 0 rings (SSSR count). The Balaban J connectivity index is 2.54. The average molecular weight is 116 g/mol. The molecule has 0 aromatic carbocycles. The summed E-state index contributed by atoms with van der Waals surface area (Å²) >= 11 is 3.18. The molecule has 0 saturated heterocycles. The van der Waals surface area contributed by atoms with Crippen molar-refractivity contribution in [1.29, 1.82) is 0 Å². The van der Waals surface area contributed by atoms with Gasteiger partial charge < -0.3 is 0 Å². The Bertz CT molecular complexity index is 21.6. The summed E-state index contributed by atoms with van der Waals surface area (Å²) in [6, 6.07) is 0. The highest BCUT2D eigenvalue weighted by Crippen LogP contribution is 2.15. The van der Waals surface area contributed by atoms with Gasteiger partial charge in [0.2, 0.25) is 0 Å². The number of alkyl halides is 2. The first-order valence-corrected chi connectivity index (χ1v) is 2.79. The van der Waals surface area contributed by atoms with Crippen LogP contribution in [0.5, 0.6) is 0 Å². The van der Waals surface area contributed by atoms with E-state index in [-0.39, 0.29) is 10.8 Å². The third kappa shape index (κ3) is 4.56. The first-order valence-electron chi connectivity index (χ1n) is 0.855. The SMILES string of the molecule is FC(F)SS. The predicted octanol–water partition coefficient (Wildman–Crippen LogP) is 1.79. The van der Waals surface area contributed by atoms with Crippen LogP contribution in [-0.2, 0) is 0 Å². The van der Waals surface area contributed by atoms with E-state index in [0.717, 1.165) is 0 Å². The van der Waals surface area contributed by atoms with E-state index in [0.29, 0.717) is 0 Å². The van der Waals surface area contributed by atoms with Crippen LogP contribution in [0.15, 0.2) is 0 Å². The number of thiol groups is 1. The number of hydrogen-bond donors (Lipinski definition) is 1. The molecule has 0 nitrogen and oxygen atoms in total. The molecule has 0 aromatic rings. The molecule has 0 N–H and O–H groups in total. The normalized spacial score (nSPS) is 9.60. The summed E-state index contributed by atoms with van der Waals surface area (Å²) in [5.74, 6) is -2.33. The third-order valence-electron chi connectivity index (χ3n) is 0.0797. The first-order chi connectivity index (χ1) is 2.27. The molecule has 0 unspecified atom stereocenters. The Morgan fingerprint density at radius 1 is 1.60 bits per heavy atom. The van der Waals surface area contributed by atoms with Crippen LogP contribution in [0.25, 0.3) is 0 Å². The molecule has 0 radical (unpaired) electrons. The Hall–Kier alpha value is 0.560. The van der Waals surface area contributed by atoms with Gasteiger partial charge >= 0.3 is 0 Å². The molecule has 0 aliphatic carbocycles. The van der Waals surface area contributed by atoms with Crippen molar-refractivity contribution in [2.45, 2.75) is 5.76 Å². The molecule has 0 heterocycles. The lowest BCUT2D eigenvalue weighted by atomic mass is 11.7. The van der Waals surface area contributed by atoms with E-state index in [9.17, 15) is 8.78 Å². The summed E-state index contributed by atoms with van der Waals surface area (Å²) in [5.41, 5.74) is 0.